The summed E-state index contributed by atoms with van der Waals surface area (Å²) >= 11 is 12.0. The number of likely N-dealkylation sites (N-methyl/N-ethyl adjacent to an activating group) is 1. The van der Waals surface area contributed by atoms with Gasteiger partial charge in [-0.1, -0.05) is 29.3 Å². The molecule has 0 bridgehead atoms. The van der Waals surface area contributed by atoms with Gasteiger partial charge in [-0.15, -0.1) is 12.4 Å². The fraction of sp³-hybridized carbons (Fsp3) is 0.579. The van der Waals surface area contributed by atoms with Crippen molar-refractivity contribution in [3.05, 3.63) is 33.8 Å². The minimum absolute atomic E-state index is 0. The average molecular weight is 420 g/mol. The minimum Gasteiger partial charge on any atom is -0.341 e. The standard InChI is InChI=1S/C19H24Cl2N2O2.ClH/c1-22(19(25)11-13-4-6-15(20)16(21)10-13)17-7-5-14(24)12-18(17)23-8-2-3-9-23;/h4,6,10,17-18H,2-3,5,7-9,11-12H2,1H3;1H. The third-order valence-corrected chi connectivity index (χ3v) is 6.18. The van der Waals surface area contributed by atoms with Crippen LogP contribution in [0.4, 0.5) is 0 Å². The molecule has 0 aromatic heterocycles. The van der Waals surface area contributed by atoms with Crippen LogP contribution in [0.25, 0.3) is 0 Å². The van der Waals surface area contributed by atoms with Crippen molar-refractivity contribution < 1.29 is 9.59 Å². The van der Waals surface area contributed by atoms with Crippen LogP contribution in [0.3, 0.4) is 0 Å². The second-order valence-corrected chi connectivity index (χ2v) is 7.90. The minimum atomic E-state index is 0. The van der Waals surface area contributed by atoms with Crippen LogP contribution in [0.1, 0.15) is 37.7 Å². The zero-order valence-corrected chi connectivity index (χ0v) is 17.2. The number of carbonyl (C=O) groups excluding carboxylic acids is 2. The molecule has 1 saturated carbocycles. The molecule has 4 nitrogen and oxygen atoms in total. The predicted molar refractivity (Wildman–Crippen MR) is 107 cm³/mol. The molecule has 3 rings (SSSR count). The molecule has 7 heteroatoms. The molecule has 2 fully saturated rings. The Morgan fingerprint density at radius 3 is 2.58 bits per heavy atom. The number of Topliss-reactive ketones (excluding diaryl/α,β-unsaturated/α-hetero) is 1. The summed E-state index contributed by atoms with van der Waals surface area (Å²) in [4.78, 5) is 29.0. The molecule has 0 N–H and O–H groups in total. The van der Waals surface area contributed by atoms with Gasteiger partial charge in [-0.3, -0.25) is 14.5 Å². The van der Waals surface area contributed by atoms with E-state index in [0.29, 0.717) is 35.1 Å². The Hall–Kier alpha value is -0.810. The van der Waals surface area contributed by atoms with E-state index in [9.17, 15) is 9.59 Å². The van der Waals surface area contributed by atoms with Gasteiger partial charge in [-0.25, -0.2) is 0 Å². The van der Waals surface area contributed by atoms with E-state index in [1.54, 1.807) is 12.1 Å². The lowest BCUT2D eigenvalue weighted by Gasteiger charge is -2.42. The van der Waals surface area contributed by atoms with Crippen LogP contribution in [0, 0.1) is 0 Å². The van der Waals surface area contributed by atoms with Gasteiger partial charge in [0.15, 0.2) is 0 Å². The molecule has 1 aromatic rings. The van der Waals surface area contributed by atoms with Crippen molar-refractivity contribution in [1.82, 2.24) is 9.80 Å². The molecule has 1 aromatic carbocycles. The Balaban J connectivity index is 0.00000243. The van der Waals surface area contributed by atoms with E-state index in [0.717, 1.165) is 25.1 Å². The highest BCUT2D eigenvalue weighted by Gasteiger charge is 2.38. The first-order valence-corrected chi connectivity index (χ1v) is 9.66. The molecule has 1 aliphatic heterocycles. The van der Waals surface area contributed by atoms with Gasteiger partial charge in [0, 0.05) is 32.0 Å². The number of likely N-dealkylation sites (tertiary alicyclic amines) is 1. The molecule has 0 radical (unpaired) electrons. The van der Waals surface area contributed by atoms with Gasteiger partial charge in [0.2, 0.25) is 5.91 Å². The molecule has 2 aliphatic rings. The highest BCUT2D eigenvalue weighted by molar-refractivity contribution is 6.42. The molecule has 0 spiro atoms. The van der Waals surface area contributed by atoms with Gasteiger partial charge in [0.05, 0.1) is 16.5 Å². The second kappa shape index (κ2) is 9.41. The van der Waals surface area contributed by atoms with Crippen LogP contribution in [0.2, 0.25) is 10.0 Å². The third kappa shape index (κ3) is 4.92. The lowest BCUT2D eigenvalue weighted by molar-refractivity contribution is -0.136. The van der Waals surface area contributed by atoms with Gasteiger partial charge in [-0.05, 0) is 50.0 Å². The maximum atomic E-state index is 12.8. The van der Waals surface area contributed by atoms with Crippen molar-refractivity contribution in [2.24, 2.45) is 0 Å². The lowest BCUT2D eigenvalue weighted by Crippen LogP contribution is -2.54. The fourth-order valence-electron chi connectivity index (χ4n) is 4.00. The first kappa shape index (κ1) is 21.5. The summed E-state index contributed by atoms with van der Waals surface area (Å²) in [7, 11) is 1.86. The van der Waals surface area contributed by atoms with Crippen molar-refractivity contribution in [1.29, 1.82) is 0 Å². The van der Waals surface area contributed by atoms with Gasteiger partial charge in [-0.2, -0.15) is 0 Å². The Morgan fingerprint density at radius 1 is 1.23 bits per heavy atom. The van der Waals surface area contributed by atoms with Gasteiger partial charge < -0.3 is 4.90 Å². The summed E-state index contributed by atoms with van der Waals surface area (Å²) in [6.07, 6.45) is 4.54. The topological polar surface area (TPSA) is 40.6 Å². The number of ketones is 1. The largest absolute Gasteiger partial charge is 0.341 e. The Kier molecular flexibility index (Phi) is 7.77. The summed E-state index contributed by atoms with van der Waals surface area (Å²) < 4.78 is 0. The van der Waals surface area contributed by atoms with Crippen LogP contribution in [-0.2, 0) is 16.0 Å². The number of hydrogen-bond donors (Lipinski definition) is 0. The maximum Gasteiger partial charge on any atom is 0.227 e. The third-order valence-electron chi connectivity index (χ3n) is 5.44. The van der Waals surface area contributed by atoms with Crippen LogP contribution < -0.4 is 0 Å². The van der Waals surface area contributed by atoms with Crippen molar-refractivity contribution in [2.45, 2.75) is 50.6 Å². The fourth-order valence-corrected chi connectivity index (χ4v) is 4.32. The van der Waals surface area contributed by atoms with Crippen LogP contribution in [-0.4, -0.2) is 53.7 Å². The molecular formula is C19H25Cl3N2O2. The van der Waals surface area contributed by atoms with E-state index in [1.807, 2.05) is 18.0 Å². The molecule has 1 saturated heterocycles. The second-order valence-electron chi connectivity index (χ2n) is 7.09. The number of hydrogen-bond acceptors (Lipinski definition) is 3. The van der Waals surface area contributed by atoms with E-state index >= 15 is 0 Å². The van der Waals surface area contributed by atoms with Crippen LogP contribution in [0.5, 0.6) is 0 Å². The molecule has 26 heavy (non-hydrogen) atoms. The summed E-state index contributed by atoms with van der Waals surface area (Å²) in [5.74, 6) is 0.375. The van der Waals surface area contributed by atoms with Crippen molar-refractivity contribution in [2.75, 3.05) is 20.1 Å². The van der Waals surface area contributed by atoms with Crippen molar-refractivity contribution in [3.63, 3.8) is 0 Å². The molecule has 1 amide bonds. The highest BCUT2D eigenvalue weighted by atomic mass is 35.5. The number of carbonyl (C=O) groups is 2. The molecule has 2 atom stereocenters. The molecule has 1 heterocycles. The van der Waals surface area contributed by atoms with E-state index < -0.39 is 0 Å². The highest BCUT2D eigenvalue weighted by Crippen LogP contribution is 2.28. The summed E-state index contributed by atoms with van der Waals surface area (Å²) in [5, 5.41) is 0.957. The van der Waals surface area contributed by atoms with Crippen LogP contribution >= 0.6 is 35.6 Å². The molecule has 2 unspecified atom stereocenters. The summed E-state index contributed by atoms with van der Waals surface area (Å²) in [5.41, 5.74) is 0.857. The predicted octanol–water partition coefficient (Wildman–Crippen LogP) is 4.00. The number of nitrogens with zero attached hydrogens (tertiary/aromatic N) is 2. The van der Waals surface area contributed by atoms with E-state index in [1.165, 1.54) is 12.8 Å². The Bertz CT molecular complexity index is 662. The SMILES string of the molecule is CN(C(=O)Cc1ccc(Cl)c(Cl)c1)C1CCC(=O)CC1N1CCCC1.Cl. The Labute approximate surface area is 171 Å². The maximum absolute atomic E-state index is 12.8. The average Bonchev–Trinajstić information content (AvgIpc) is 3.12. The molecule has 1 aliphatic carbocycles. The van der Waals surface area contributed by atoms with E-state index in [-0.39, 0.29) is 30.4 Å². The van der Waals surface area contributed by atoms with E-state index in [2.05, 4.69) is 4.90 Å². The monoisotopic (exact) mass is 418 g/mol. The van der Waals surface area contributed by atoms with Crippen molar-refractivity contribution >= 4 is 47.3 Å². The first-order valence-electron chi connectivity index (χ1n) is 8.91. The van der Waals surface area contributed by atoms with Gasteiger partial charge in [0.1, 0.15) is 5.78 Å². The zero-order chi connectivity index (χ0) is 18.0. The lowest BCUT2D eigenvalue weighted by atomic mass is 9.87. The first-order chi connectivity index (χ1) is 12.0. The summed E-state index contributed by atoms with van der Waals surface area (Å²) in [6, 6.07) is 5.57. The molecular weight excluding hydrogens is 395 g/mol. The van der Waals surface area contributed by atoms with Crippen LogP contribution in [0.15, 0.2) is 18.2 Å². The number of amides is 1. The van der Waals surface area contributed by atoms with Crippen molar-refractivity contribution in [3.8, 4) is 0 Å². The normalized spacial score (nSPS) is 23.6. The van der Waals surface area contributed by atoms with E-state index in [4.69, 9.17) is 23.2 Å². The van der Waals surface area contributed by atoms with Gasteiger partial charge in [0.25, 0.3) is 0 Å². The quantitative estimate of drug-likeness (QED) is 0.740. The smallest absolute Gasteiger partial charge is 0.227 e. The number of halogens is 3. The number of benzene rings is 1. The summed E-state index contributed by atoms with van der Waals surface area (Å²) in [6.45, 7) is 2.06. The van der Waals surface area contributed by atoms with Gasteiger partial charge >= 0.3 is 0 Å². The molecule has 144 valence electrons. The Morgan fingerprint density at radius 2 is 1.92 bits per heavy atom. The zero-order valence-electron chi connectivity index (χ0n) is 14.9. The number of rotatable bonds is 4.